The minimum atomic E-state index is -0.977. The largest absolute Gasteiger partial charge is 0.480 e. The van der Waals surface area contributed by atoms with E-state index in [4.69, 9.17) is 5.11 Å². The minimum absolute atomic E-state index is 0.191. The number of benzene rings is 1. The molecule has 0 aliphatic carbocycles. The molecule has 20 heavy (non-hydrogen) atoms. The van der Waals surface area contributed by atoms with Crippen molar-refractivity contribution in [2.24, 2.45) is 0 Å². The third-order valence-electron chi connectivity index (χ3n) is 3.39. The molecule has 1 aromatic carbocycles. The predicted octanol–water partition coefficient (Wildman–Crippen LogP) is 2.61. The molecular weight excluding hydrogens is 254 g/mol. The highest BCUT2D eigenvalue weighted by Crippen LogP contribution is 2.13. The zero-order chi connectivity index (χ0) is 15.1. The molecule has 1 atom stereocenters. The van der Waals surface area contributed by atoms with Gasteiger partial charge in [0.2, 0.25) is 5.91 Å². The second kappa shape index (κ2) is 7.68. The molecule has 110 valence electrons. The van der Waals surface area contributed by atoms with Crippen LogP contribution in [0.4, 0.5) is 0 Å². The van der Waals surface area contributed by atoms with E-state index in [1.807, 2.05) is 0 Å². The van der Waals surface area contributed by atoms with Crippen LogP contribution >= 0.6 is 0 Å². The van der Waals surface area contributed by atoms with Gasteiger partial charge in [0, 0.05) is 6.42 Å². The average molecular weight is 277 g/mol. The summed E-state index contributed by atoms with van der Waals surface area (Å²) in [5, 5.41) is 11.4. The van der Waals surface area contributed by atoms with Gasteiger partial charge in [-0.25, -0.2) is 4.79 Å². The van der Waals surface area contributed by atoms with Crippen molar-refractivity contribution in [2.75, 3.05) is 0 Å². The first kappa shape index (κ1) is 16.2. The molecule has 0 heterocycles. The predicted molar refractivity (Wildman–Crippen MR) is 78.7 cm³/mol. The molecule has 4 heteroatoms. The van der Waals surface area contributed by atoms with Gasteiger partial charge < -0.3 is 10.4 Å². The fourth-order valence-corrected chi connectivity index (χ4v) is 2.17. The monoisotopic (exact) mass is 277 g/mol. The molecule has 0 aromatic heterocycles. The van der Waals surface area contributed by atoms with Crippen LogP contribution in [0.25, 0.3) is 0 Å². The van der Waals surface area contributed by atoms with Crippen LogP contribution in [0.1, 0.15) is 42.9 Å². The molecule has 0 radical (unpaired) electrons. The molecule has 0 bridgehead atoms. The highest BCUT2D eigenvalue weighted by molar-refractivity contribution is 5.83. The van der Waals surface area contributed by atoms with E-state index in [0.29, 0.717) is 12.8 Å². The van der Waals surface area contributed by atoms with Crippen molar-refractivity contribution < 1.29 is 14.7 Å². The van der Waals surface area contributed by atoms with Gasteiger partial charge in [-0.05, 0) is 44.2 Å². The van der Waals surface area contributed by atoms with Gasteiger partial charge in [-0.2, -0.15) is 0 Å². The maximum Gasteiger partial charge on any atom is 0.326 e. The summed E-state index contributed by atoms with van der Waals surface area (Å²) in [5.41, 5.74) is 3.72. The smallest absolute Gasteiger partial charge is 0.326 e. The number of carboxylic acid groups (broad SMARTS) is 1. The van der Waals surface area contributed by atoms with E-state index >= 15 is 0 Å². The molecule has 2 N–H and O–H groups in total. The van der Waals surface area contributed by atoms with Crippen molar-refractivity contribution in [3.05, 3.63) is 34.9 Å². The average Bonchev–Trinajstić information content (AvgIpc) is 2.38. The fourth-order valence-electron chi connectivity index (χ4n) is 2.17. The Hall–Kier alpha value is -1.84. The molecule has 0 spiro atoms. The lowest BCUT2D eigenvalue weighted by molar-refractivity contribution is -0.141. The van der Waals surface area contributed by atoms with Crippen molar-refractivity contribution in [3.63, 3.8) is 0 Å². The molecule has 1 amide bonds. The number of aliphatic carboxylic acids is 1. The Balaban J connectivity index is 2.40. The van der Waals surface area contributed by atoms with Gasteiger partial charge in [0.05, 0.1) is 0 Å². The molecule has 0 fully saturated rings. The lowest BCUT2D eigenvalue weighted by Gasteiger charge is -2.12. The zero-order valence-corrected chi connectivity index (χ0v) is 12.4. The van der Waals surface area contributed by atoms with Crippen molar-refractivity contribution in [1.82, 2.24) is 5.32 Å². The Bertz CT molecular complexity index is 483. The van der Waals surface area contributed by atoms with E-state index < -0.39 is 12.0 Å². The summed E-state index contributed by atoms with van der Waals surface area (Å²) >= 11 is 0. The number of carbonyl (C=O) groups is 2. The summed E-state index contributed by atoms with van der Waals surface area (Å²) in [7, 11) is 0. The fraction of sp³-hybridized carbons (Fsp3) is 0.500. The van der Waals surface area contributed by atoms with E-state index in [2.05, 4.69) is 37.4 Å². The maximum absolute atomic E-state index is 11.7. The summed E-state index contributed by atoms with van der Waals surface area (Å²) in [6.07, 6.45) is 2.32. The number of amides is 1. The molecule has 0 saturated carbocycles. The number of carbonyl (C=O) groups excluding carboxylic acids is 1. The van der Waals surface area contributed by atoms with Gasteiger partial charge in [0.25, 0.3) is 0 Å². The number of rotatable bonds is 7. The molecule has 0 saturated heterocycles. The van der Waals surface area contributed by atoms with Crippen molar-refractivity contribution in [2.45, 2.75) is 52.5 Å². The first-order valence-electron chi connectivity index (χ1n) is 7.02. The highest BCUT2D eigenvalue weighted by Gasteiger charge is 2.16. The quantitative estimate of drug-likeness (QED) is 0.805. The second-order valence-electron chi connectivity index (χ2n) is 5.15. The number of nitrogens with one attached hydrogen (secondary N) is 1. The molecule has 1 rings (SSSR count). The highest BCUT2D eigenvalue weighted by atomic mass is 16.4. The Morgan fingerprint density at radius 2 is 2.00 bits per heavy atom. The topological polar surface area (TPSA) is 66.4 Å². The van der Waals surface area contributed by atoms with Crippen LogP contribution in [0.2, 0.25) is 0 Å². The number of carboxylic acids is 1. The van der Waals surface area contributed by atoms with Crippen LogP contribution in [0.5, 0.6) is 0 Å². The van der Waals surface area contributed by atoms with Crippen molar-refractivity contribution in [1.29, 1.82) is 0 Å². The lowest BCUT2D eigenvalue weighted by atomic mass is 10.0. The van der Waals surface area contributed by atoms with Crippen molar-refractivity contribution >= 4 is 11.9 Å². The van der Waals surface area contributed by atoms with Crippen LogP contribution in [0.3, 0.4) is 0 Å². The van der Waals surface area contributed by atoms with Crippen LogP contribution < -0.4 is 5.32 Å². The van der Waals surface area contributed by atoms with Crippen LogP contribution in [0.15, 0.2) is 18.2 Å². The van der Waals surface area contributed by atoms with Gasteiger partial charge in [0.1, 0.15) is 6.04 Å². The van der Waals surface area contributed by atoms with E-state index in [1.165, 1.54) is 16.7 Å². The molecular formula is C16H23NO3. The number of hydrogen-bond donors (Lipinski definition) is 2. The maximum atomic E-state index is 11.7. The summed E-state index contributed by atoms with van der Waals surface area (Å²) in [5.74, 6) is -1.17. The van der Waals surface area contributed by atoms with Crippen molar-refractivity contribution in [3.8, 4) is 0 Å². The summed E-state index contributed by atoms with van der Waals surface area (Å²) in [6.45, 7) is 5.87. The Labute approximate surface area is 120 Å². The third kappa shape index (κ3) is 5.03. The summed E-state index contributed by atoms with van der Waals surface area (Å²) < 4.78 is 0. The van der Waals surface area contributed by atoms with E-state index in [0.717, 1.165) is 12.8 Å². The SMILES string of the molecule is CCC(NC(=O)CCCc1ccc(C)cc1C)C(=O)O. The zero-order valence-electron chi connectivity index (χ0n) is 12.4. The Morgan fingerprint density at radius 3 is 2.55 bits per heavy atom. The van der Waals surface area contributed by atoms with E-state index in [1.54, 1.807) is 6.92 Å². The van der Waals surface area contributed by atoms with Gasteiger partial charge in [-0.15, -0.1) is 0 Å². The van der Waals surface area contributed by atoms with Crippen LogP contribution in [-0.2, 0) is 16.0 Å². The first-order chi connectivity index (χ1) is 9.43. The van der Waals surface area contributed by atoms with Gasteiger partial charge >= 0.3 is 5.97 Å². The first-order valence-corrected chi connectivity index (χ1v) is 7.02. The summed E-state index contributed by atoms with van der Waals surface area (Å²) in [4.78, 5) is 22.5. The number of aryl methyl sites for hydroxylation is 3. The molecule has 0 aliphatic heterocycles. The van der Waals surface area contributed by atoms with Gasteiger partial charge in [-0.3, -0.25) is 4.79 Å². The molecule has 1 unspecified atom stereocenters. The van der Waals surface area contributed by atoms with Crippen LogP contribution in [0, 0.1) is 13.8 Å². The molecule has 4 nitrogen and oxygen atoms in total. The second-order valence-corrected chi connectivity index (χ2v) is 5.15. The Morgan fingerprint density at radius 1 is 1.30 bits per heavy atom. The van der Waals surface area contributed by atoms with Gasteiger partial charge in [0.15, 0.2) is 0 Å². The van der Waals surface area contributed by atoms with E-state index in [-0.39, 0.29) is 5.91 Å². The molecule has 0 aliphatic rings. The number of hydrogen-bond acceptors (Lipinski definition) is 2. The normalized spacial score (nSPS) is 11.9. The standard InChI is InChI=1S/C16H23NO3/c1-4-14(16(19)20)17-15(18)7-5-6-13-9-8-11(2)10-12(13)3/h8-10,14H,4-7H2,1-3H3,(H,17,18)(H,19,20). The van der Waals surface area contributed by atoms with Crippen LogP contribution in [-0.4, -0.2) is 23.0 Å². The third-order valence-corrected chi connectivity index (χ3v) is 3.39. The minimum Gasteiger partial charge on any atom is -0.480 e. The lowest BCUT2D eigenvalue weighted by Crippen LogP contribution is -2.40. The van der Waals surface area contributed by atoms with E-state index in [9.17, 15) is 9.59 Å². The van der Waals surface area contributed by atoms with Gasteiger partial charge in [-0.1, -0.05) is 30.7 Å². The Kier molecular flexibility index (Phi) is 6.22. The molecule has 1 aromatic rings. The summed E-state index contributed by atoms with van der Waals surface area (Å²) in [6, 6.07) is 5.52.